The average molecular weight is 395 g/mol. The van der Waals surface area contributed by atoms with E-state index in [1.807, 2.05) is 23.5 Å². The van der Waals surface area contributed by atoms with Crippen LogP contribution >= 0.6 is 54.8 Å². The molecule has 1 unspecified atom stereocenters. The molecule has 0 nitrogen and oxygen atoms in total. The molecule has 0 aliphatic heterocycles. The van der Waals surface area contributed by atoms with Gasteiger partial charge in [-0.25, -0.2) is 0 Å². The molecule has 0 fully saturated rings. The number of aryl methyl sites for hydroxylation is 2. The molecule has 2 rings (SSSR count). The first kappa shape index (κ1) is 13.6. The molecular formula is C13H11Br2ClS. The van der Waals surface area contributed by atoms with Crippen molar-refractivity contribution in [3.63, 3.8) is 0 Å². The summed E-state index contributed by atoms with van der Waals surface area (Å²) >= 11 is 15.3. The third-order valence-electron chi connectivity index (χ3n) is 2.61. The monoisotopic (exact) mass is 392 g/mol. The highest BCUT2D eigenvalue weighted by Crippen LogP contribution is 2.41. The number of benzene rings is 1. The van der Waals surface area contributed by atoms with Crippen LogP contribution in [0.15, 0.2) is 28.7 Å². The summed E-state index contributed by atoms with van der Waals surface area (Å²) in [5.41, 5.74) is 2.40. The molecule has 17 heavy (non-hydrogen) atoms. The number of thiophene rings is 1. The van der Waals surface area contributed by atoms with E-state index in [9.17, 15) is 0 Å². The van der Waals surface area contributed by atoms with E-state index >= 15 is 0 Å². The second-order valence-electron chi connectivity index (χ2n) is 3.87. The van der Waals surface area contributed by atoms with Crippen molar-refractivity contribution < 1.29 is 0 Å². The molecule has 90 valence electrons. The molecule has 0 saturated heterocycles. The Kier molecular flexibility index (Phi) is 4.35. The molecule has 0 saturated carbocycles. The molecule has 2 aromatic rings. The van der Waals surface area contributed by atoms with E-state index in [2.05, 4.69) is 57.8 Å². The Morgan fingerprint density at radius 1 is 1.24 bits per heavy atom. The first-order valence-electron chi connectivity index (χ1n) is 5.15. The smallest absolute Gasteiger partial charge is 0.0670 e. The van der Waals surface area contributed by atoms with Gasteiger partial charge < -0.3 is 0 Å². The Balaban J connectivity index is 2.47. The van der Waals surface area contributed by atoms with Crippen LogP contribution in [0.4, 0.5) is 0 Å². The number of alkyl halides is 1. The van der Waals surface area contributed by atoms with Crippen LogP contribution in [0.5, 0.6) is 0 Å². The second-order valence-corrected chi connectivity index (χ2v) is 7.48. The van der Waals surface area contributed by atoms with E-state index < -0.39 is 0 Å². The van der Waals surface area contributed by atoms with E-state index in [1.54, 1.807) is 0 Å². The molecule has 0 aliphatic carbocycles. The van der Waals surface area contributed by atoms with Crippen molar-refractivity contribution in [2.45, 2.75) is 18.7 Å². The maximum absolute atomic E-state index is 6.32. The van der Waals surface area contributed by atoms with Crippen LogP contribution in [-0.4, -0.2) is 0 Å². The van der Waals surface area contributed by atoms with Crippen molar-refractivity contribution in [1.29, 1.82) is 0 Å². The van der Waals surface area contributed by atoms with Crippen molar-refractivity contribution in [2.24, 2.45) is 0 Å². The van der Waals surface area contributed by atoms with Gasteiger partial charge >= 0.3 is 0 Å². The van der Waals surface area contributed by atoms with Gasteiger partial charge in [-0.2, -0.15) is 0 Å². The van der Waals surface area contributed by atoms with Crippen LogP contribution in [-0.2, 0) is 0 Å². The SMILES string of the molecule is Cc1cc(C(Br)c2cccc(Br)c2Cl)c(C)s1. The van der Waals surface area contributed by atoms with Crippen molar-refractivity contribution in [3.05, 3.63) is 54.6 Å². The topological polar surface area (TPSA) is 0 Å². The number of hydrogen-bond acceptors (Lipinski definition) is 1. The normalized spacial score (nSPS) is 12.8. The molecule has 4 heteroatoms. The lowest BCUT2D eigenvalue weighted by molar-refractivity contribution is 1.16. The zero-order valence-electron chi connectivity index (χ0n) is 9.43. The minimum atomic E-state index is 0.150. The third kappa shape index (κ3) is 2.78. The van der Waals surface area contributed by atoms with Crippen LogP contribution < -0.4 is 0 Å². The molecule has 0 amide bonds. The Labute approximate surface area is 127 Å². The Bertz CT molecular complexity index is 548. The van der Waals surface area contributed by atoms with Gasteiger partial charge in [0.05, 0.1) is 9.85 Å². The highest BCUT2D eigenvalue weighted by atomic mass is 79.9. The van der Waals surface area contributed by atoms with Crippen LogP contribution in [0.25, 0.3) is 0 Å². The van der Waals surface area contributed by atoms with Crippen molar-refractivity contribution in [1.82, 2.24) is 0 Å². The lowest BCUT2D eigenvalue weighted by atomic mass is 10.1. The summed E-state index contributed by atoms with van der Waals surface area (Å²) in [5, 5.41) is 0.776. The molecular weight excluding hydrogens is 383 g/mol. The zero-order chi connectivity index (χ0) is 12.6. The van der Waals surface area contributed by atoms with Crippen molar-refractivity contribution in [2.75, 3.05) is 0 Å². The van der Waals surface area contributed by atoms with Gasteiger partial charge in [0.25, 0.3) is 0 Å². The summed E-state index contributed by atoms with van der Waals surface area (Å²) < 4.78 is 0.936. The first-order valence-corrected chi connectivity index (χ1v) is 8.06. The lowest BCUT2D eigenvalue weighted by Crippen LogP contribution is -1.94. The lowest BCUT2D eigenvalue weighted by Gasteiger charge is -2.13. The predicted molar refractivity (Wildman–Crippen MR) is 83.7 cm³/mol. The second kappa shape index (κ2) is 5.43. The molecule has 1 aromatic heterocycles. The zero-order valence-corrected chi connectivity index (χ0v) is 14.2. The van der Waals surface area contributed by atoms with Gasteiger partial charge in [-0.1, -0.05) is 39.7 Å². The molecule has 0 aliphatic rings. The predicted octanol–water partition coefficient (Wildman–Crippen LogP) is 6.27. The summed E-state index contributed by atoms with van der Waals surface area (Å²) in [7, 11) is 0. The van der Waals surface area contributed by atoms with Gasteiger partial charge in [0, 0.05) is 14.2 Å². The summed E-state index contributed by atoms with van der Waals surface area (Å²) in [6, 6.07) is 8.24. The van der Waals surface area contributed by atoms with Gasteiger partial charge in [0.2, 0.25) is 0 Å². The molecule has 0 N–H and O–H groups in total. The van der Waals surface area contributed by atoms with Gasteiger partial charge in [-0.15, -0.1) is 11.3 Å². The highest BCUT2D eigenvalue weighted by molar-refractivity contribution is 9.10. The average Bonchev–Trinajstić information content (AvgIpc) is 2.61. The quantitative estimate of drug-likeness (QED) is 0.527. The Morgan fingerprint density at radius 2 is 1.94 bits per heavy atom. The summed E-state index contributed by atoms with van der Waals surface area (Å²) in [6.07, 6.45) is 0. The van der Waals surface area contributed by atoms with Crippen molar-refractivity contribution >= 4 is 54.8 Å². The van der Waals surface area contributed by atoms with Crippen LogP contribution in [0.3, 0.4) is 0 Å². The van der Waals surface area contributed by atoms with E-state index in [-0.39, 0.29) is 4.83 Å². The van der Waals surface area contributed by atoms with Gasteiger partial charge in [-0.3, -0.25) is 0 Å². The molecule has 0 radical (unpaired) electrons. The number of hydrogen-bond donors (Lipinski definition) is 0. The molecule has 1 atom stereocenters. The highest BCUT2D eigenvalue weighted by Gasteiger charge is 2.18. The summed E-state index contributed by atoms with van der Waals surface area (Å²) in [5.74, 6) is 0. The van der Waals surface area contributed by atoms with Crippen LogP contribution in [0, 0.1) is 13.8 Å². The van der Waals surface area contributed by atoms with Crippen molar-refractivity contribution in [3.8, 4) is 0 Å². The molecule has 1 heterocycles. The van der Waals surface area contributed by atoms with E-state index in [1.165, 1.54) is 15.3 Å². The maximum Gasteiger partial charge on any atom is 0.0670 e. The number of halogens is 3. The minimum Gasteiger partial charge on any atom is -0.146 e. The summed E-state index contributed by atoms with van der Waals surface area (Å²) in [6.45, 7) is 4.27. The fraction of sp³-hybridized carbons (Fsp3) is 0.231. The van der Waals surface area contributed by atoms with Crippen LogP contribution in [0.2, 0.25) is 5.02 Å². The fourth-order valence-corrected chi connectivity index (χ4v) is 4.51. The fourth-order valence-electron chi connectivity index (χ4n) is 1.79. The Hall–Kier alpha value is 0.170. The van der Waals surface area contributed by atoms with Gasteiger partial charge in [0.15, 0.2) is 0 Å². The van der Waals surface area contributed by atoms with E-state index in [4.69, 9.17) is 11.6 Å². The standard InChI is InChI=1S/C13H11Br2ClS/c1-7-6-10(8(2)17-7)12(15)9-4-3-5-11(14)13(9)16/h3-6,12H,1-2H3. The molecule has 0 spiro atoms. The largest absolute Gasteiger partial charge is 0.146 e. The number of rotatable bonds is 2. The summed E-state index contributed by atoms with van der Waals surface area (Å²) in [4.78, 5) is 2.81. The molecule has 0 bridgehead atoms. The van der Waals surface area contributed by atoms with Gasteiger partial charge in [-0.05, 0) is 53.0 Å². The minimum absolute atomic E-state index is 0.150. The van der Waals surface area contributed by atoms with E-state index in [0.717, 1.165) is 15.1 Å². The Morgan fingerprint density at radius 3 is 2.53 bits per heavy atom. The van der Waals surface area contributed by atoms with E-state index in [0.29, 0.717) is 0 Å². The maximum atomic E-state index is 6.32. The first-order chi connectivity index (χ1) is 8.00. The van der Waals surface area contributed by atoms with Crippen LogP contribution in [0.1, 0.15) is 25.7 Å². The third-order valence-corrected chi connectivity index (χ3v) is 5.89. The molecule has 1 aromatic carbocycles. The van der Waals surface area contributed by atoms with Gasteiger partial charge in [0.1, 0.15) is 0 Å².